The van der Waals surface area contributed by atoms with Crippen LogP contribution in [0.2, 0.25) is 0 Å². The van der Waals surface area contributed by atoms with E-state index in [0.29, 0.717) is 46.7 Å². The van der Waals surface area contributed by atoms with Crippen molar-refractivity contribution in [1.82, 2.24) is 4.98 Å². The molecule has 0 saturated carbocycles. The fourth-order valence-electron chi connectivity index (χ4n) is 4.63. The van der Waals surface area contributed by atoms with Gasteiger partial charge in [-0.3, -0.25) is 14.5 Å². The Labute approximate surface area is 216 Å². The monoisotopic (exact) mass is 514 g/mol. The van der Waals surface area contributed by atoms with E-state index in [1.807, 2.05) is 25.1 Å². The summed E-state index contributed by atoms with van der Waals surface area (Å²) in [5, 5.41) is 11.8. The fraction of sp³-hybridized carbons (Fsp3) is 0.179. The number of aromatic nitrogens is 1. The first-order valence-corrected chi connectivity index (χ1v) is 12.5. The van der Waals surface area contributed by atoms with E-state index in [4.69, 9.17) is 14.2 Å². The van der Waals surface area contributed by atoms with E-state index in [-0.39, 0.29) is 11.3 Å². The molecule has 37 heavy (non-hydrogen) atoms. The number of benzene rings is 3. The van der Waals surface area contributed by atoms with Crippen LogP contribution in [0, 0.1) is 6.92 Å². The number of rotatable bonds is 4. The Morgan fingerprint density at radius 1 is 1.05 bits per heavy atom. The zero-order chi connectivity index (χ0) is 25.7. The van der Waals surface area contributed by atoms with Gasteiger partial charge in [-0.25, -0.2) is 4.98 Å². The summed E-state index contributed by atoms with van der Waals surface area (Å²) in [6.07, 6.45) is 0. The molecule has 1 amide bonds. The third-order valence-corrected chi connectivity index (χ3v) is 7.43. The largest absolute Gasteiger partial charge is 0.507 e. The molecule has 1 aromatic heterocycles. The molecule has 0 radical (unpaired) electrons. The van der Waals surface area contributed by atoms with Crippen molar-refractivity contribution in [2.24, 2.45) is 0 Å². The number of Topliss-reactive ketones (excluding diaryl/α,β-unsaturated/α-hetero) is 1. The second kappa shape index (κ2) is 8.94. The van der Waals surface area contributed by atoms with Gasteiger partial charge in [0.2, 0.25) is 0 Å². The van der Waals surface area contributed by atoms with Crippen molar-refractivity contribution < 1.29 is 28.9 Å². The average Bonchev–Trinajstić information content (AvgIpc) is 3.45. The fourth-order valence-corrected chi connectivity index (χ4v) is 5.72. The number of hydrogen-bond donors (Lipinski definition) is 1. The molecule has 4 aromatic rings. The SMILES string of the molecule is COc1cccc(C2/C(=C(/O)c3ccc4c(c3)OCCO4)C(=O)C(=O)N2c2nc3ccc(C)cc3s2)c1. The average molecular weight is 515 g/mol. The molecule has 1 fully saturated rings. The normalized spacial score (nSPS) is 18.4. The van der Waals surface area contributed by atoms with E-state index in [9.17, 15) is 14.7 Å². The van der Waals surface area contributed by atoms with Crippen LogP contribution in [0.4, 0.5) is 5.13 Å². The summed E-state index contributed by atoms with van der Waals surface area (Å²) in [5.41, 5.74) is 2.70. The second-order valence-corrected chi connectivity index (χ2v) is 9.78. The van der Waals surface area contributed by atoms with Crippen LogP contribution in [0.3, 0.4) is 0 Å². The Morgan fingerprint density at radius 3 is 2.68 bits per heavy atom. The Morgan fingerprint density at radius 2 is 1.86 bits per heavy atom. The molecule has 3 heterocycles. The number of aliphatic hydroxyl groups excluding tert-OH is 1. The van der Waals surface area contributed by atoms with E-state index < -0.39 is 17.7 Å². The molecule has 1 atom stereocenters. The number of carbonyl (C=O) groups is 2. The third kappa shape index (κ3) is 3.88. The number of hydrogen-bond acceptors (Lipinski definition) is 8. The number of aliphatic hydroxyl groups is 1. The number of nitrogens with zero attached hydrogens (tertiary/aromatic N) is 2. The van der Waals surface area contributed by atoms with Crippen molar-refractivity contribution in [3.05, 3.63) is 82.9 Å². The number of anilines is 1. The van der Waals surface area contributed by atoms with Crippen molar-refractivity contribution in [2.75, 3.05) is 25.2 Å². The van der Waals surface area contributed by atoms with Crippen LogP contribution in [0.15, 0.2) is 66.2 Å². The Kier molecular flexibility index (Phi) is 5.57. The molecule has 1 saturated heterocycles. The van der Waals surface area contributed by atoms with Gasteiger partial charge in [0.25, 0.3) is 5.78 Å². The van der Waals surface area contributed by atoms with Crippen LogP contribution in [0.25, 0.3) is 16.0 Å². The quantitative estimate of drug-likeness (QED) is 0.232. The number of fused-ring (bicyclic) bond motifs is 2. The van der Waals surface area contributed by atoms with Crippen LogP contribution in [0.1, 0.15) is 22.7 Å². The highest BCUT2D eigenvalue weighted by atomic mass is 32.1. The summed E-state index contributed by atoms with van der Waals surface area (Å²) in [6.45, 7) is 2.79. The van der Waals surface area contributed by atoms with Gasteiger partial charge < -0.3 is 19.3 Å². The van der Waals surface area contributed by atoms with Crippen molar-refractivity contribution in [3.63, 3.8) is 0 Å². The van der Waals surface area contributed by atoms with E-state index in [1.54, 1.807) is 49.6 Å². The highest BCUT2D eigenvalue weighted by Gasteiger charge is 2.48. The molecule has 2 aliphatic heterocycles. The van der Waals surface area contributed by atoms with Gasteiger partial charge in [-0.2, -0.15) is 0 Å². The molecular weight excluding hydrogens is 492 g/mol. The molecule has 3 aromatic carbocycles. The Balaban J connectivity index is 1.55. The highest BCUT2D eigenvalue weighted by molar-refractivity contribution is 7.22. The van der Waals surface area contributed by atoms with Gasteiger partial charge in [-0.05, 0) is 60.5 Å². The molecule has 6 rings (SSSR count). The lowest BCUT2D eigenvalue weighted by Gasteiger charge is -2.23. The molecule has 0 aliphatic carbocycles. The first-order chi connectivity index (χ1) is 17.9. The summed E-state index contributed by atoms with van der Waals surface area (Å²) >= 11 is 1.32. The van der Waals surface area contributed by atoms with Gasteiger partial charge >= 0.3 is 5.91 Å². The number of thiazole rings is 1. The number of methoxy groups -OCH3 is 1. The summed E-state index contributed by atoms with van der Waals surface area (Å²) in [5.74, 6) is -0.287. The minimum Gasteiger partial charge on any atom is -0.507 e. The van der Waals surface area contributed by atoms with E-state index in [1.165, 1.54) is 16.2 Å². The van der Waals surface area contributed by atoms with Gasteiger partial charge in [0, 0.05) is 5.56 Å². The standard InChI is InChI=1S/C28H22N2O6S/c1-15-6-8-19-22(12-15)37-28(29-19)30-24(16-4-3-5-18(13-16)34-2)23(26(32)27(30)33)25(31)17-7-9-20-21(14-17)36-11-10-35-20/h3-9,12-14,24,31H,10-11H2,1-2H3/b25-23-. The molecule has 2 aliphatic rings. The maximum Gasteiger partial charge on any atom is 0.301 e. The van der Waals surface area contributed by atoms with E-state index in [2.05, 4.69) is 4.98 Å². The Bertz CT molecular complexity index is 1610. The van der Waals surface area contributed by atoms with Gasteiger partial charge in [-0.1, -0.05) is 29.5 Å². The lowest BCUT2D eigenvalue weighted by molar-refractivity contribution is -0.132. The van der Waals surface area contributed by atoms with Gasteiger partial charge in [0.15, 0.2) is 16.6 Å². The lowest BCUT2D eigenvalue weighted by atomic mass is 9.95. The smallest absolute Gasteiger partial charge is 0.301 e. The van der Waals surface area contributed by atoms with Crippen LogP contribution in [-0.2, 0) is 9.59 Å². The van der Waals surface area contributed by atoms with Crippen molar-refractivity contribution in [3.8, 4) is 17.2 Å². The first-order valence-electron chi connectivity index (χ1n) is 11.7. The van der Waals surface area contributed by atoms with Crippen molar-refractivity contribution >= 4 is 44.1 Å². The minimum atomic E-state index is -0.912. The molecule has 0 spiro atoms. The number of amides is 1. The predicted molar refractivity (Wildman–Crippen MR) is 140 cm³/mol. The molecule has 8 nitrogen and oxygen atoms in total. The number of aryl methyl sites for hydroxylation is 1. The van der Waals surface area contributed by atoms with E-state index >= 15 is 0 Å². The topological polar surface area (TPSA) is 98.2 Å². The zero-order valence-corrected chi connectivity index (χ0v) is 20.9. The maximum absolute atomic E-state index is 13.5. The number of ketones is 1. The number of carbonyl (C=O) groups excluding carboxylic acids is 2. The third-order valence-electron chi connectivity index (χ3n) is 6.41. The van der Waals surface area contributed by atoms with Gasteiger partial charge in [-0.15, -0.1) is 0 Å². The summed E-state index contributed by atoms with van der Waals surface area (Å²) in [6, 6.07) is 16.9. The van der Waals surface area contributed by atoms with Crippen LogP contribution in [-0.4, -0.2) is 42.1 Å². The van der Waals surface area contributed by atoms with E-state index in [0.717, 1.165) is 15.8 Å². The molecule has 9 heteroatoms. The zero-order valence-electron chi connectivity index (χ0n) is 20.1. The van der Waals surface area contributed by atoms with Crippen molar-refractivity contribution in [2.45, 2.75) is 13.0 Å². The predicted octanol–water partition coefficient (Wildman–Crippen LogP) is 5.01. The highest BCUT2D eigenvalue weighted by Crippen LogP contribution is 2.45. The van der Waals surface area contributed by atoms with Crippen LogP contribution in [0.5, 0.6) is 17.2 Å². The first kappa shape index (κ1) is 23.1. The molecule has 1 unspecified atom stereocenters. The molecule has 1 N–H and O–H groups in total. The summed E-state index contributed by atoms with van der Waals surface area (Å²) in [4.78, 5) is 33.0. The molecule has 186 valence electrons. The van der Waals surface area contributed by atoms with Crippen molar-refractivity contribution in [1.29, 1.82) is 0 Å². The second-order valence-electron chi connectivity index (χ2n) is 8.77. The summed E-state index contributed by atoms with van der Waals surface area (Å²) < 4.78 is 17.5. The van der Waals surface area contributed by atoms with Gasteiger partial charge in [0.1, 0.15) is 24.7 Å². The minimum absolute atomic E-state index is 0.0367. The molecule has 0 bridgehead atoms. The molecular formula is C28H22N2O6S. The van der Waals surface area contributed by atoms with Crippen LogP contribution >= 0.6 is 11.3 Å². The van der Waals surface area contributed by atoms with Gasteiger partial charge in [0.05, 0.1) is 28.9 Å². The lowest BCUT2D eigenvalue weighted by Crippen LogP contribution is -2.29. The maximum atomic E-state index is 13.5. The van der Waals surface area contributed by atoms with Crippen LogP contribution < -0.4 is 19.1 Å². The summed E-state index contributed by atoms with van der Waals surface area (Å²) in [7, 11) is 1.54. The Hall–Kier alpha value is -4.37. The number of ether oxygens (including phenoxy) is 3.